The second kappa shape index (κ2) is 8.15. The van der Waals surface area contributed by atoms with E-state index in [0.717, 1.165) is 23.8 Å². The van der Waals surface area contributed by atoms with Crippen molar-refractivity contribution in [1.29, 1.82) is 0 Å². The molecule has 0 saturated carbocycles. The minimum Gasteiger partial charge on any atom is -0.457 e. The highest BCUT2D eigenvalue weighted by molar-refractivity contribution is 6.20. The fraction of sp³-hybridized carbons (Fsp3) is 0.158. The molecule has 124 valence electrons. The first kappa shape index (κ1) is 17.5. The van der Waals surface area contributed by atoms with Gasteiger partial charge in [-0.15, -0.1) is 0 Å². The maximum atomic E-state index is 13.7. The van der Waals surface area contributed by atoms with E-state index in [9.17, 15) is 18.4 Å². The molecule has 3 nitrogen and oxygen atoms in total. The normalized spacial score (nSPS) is 11.2. The Morgan fingerprint density at radius 3 is 2.42 bits per heavy atom. The van der Waals surface area contributed by atoms with Crippen LogP contribution in [0, 0.1) is 11.6 Å². The number of halogens is 2. The lowest BCUT2D eigenvalue weighted by atomic mass is 10.0. The first-order valence-electron chi connectivity index (χ1n) is 7.42. The molecule has 0 spiro atoms. The van der Waals surface area contributed by atoms with E-state index in [1.165, 1.54) is 0 Å². The Hall–Kier alpha value is -2.82. The zero-order valence-electron chi connectivity index (χ0n) is 13.1. The summed E-state index contributed by atoms with van der Waals surface area (Å²) < 4.78 is 31.8. The quantitative estimate of drug-likeness (QED) is 0.347. The lowest BCUT2D eigenvalue weighted by Crippen LogP contribution is -2.15. The van der Waals surface area contributed by atoms with Crippen LogP contribution >= 0.6 is 0 Å². The molecule has 0 bridgehead atoms. The maximum absolute atomic E-state index is 13.7. The fourth-order valence-electron chi connectivity index (χ4n) is 2.02. The lowest BCUT2D eigenvalue weighted by molar-refractivity contribution is -0.141. The number of ketones is 1. The Kier molecular flexibility index (Phi) is 5.95. The number of carbonyl (C=O) groups excluding carboxylic acids is 2. The smallest absolute Gasteiger partial charge is 0.342 e. The van der Waals surface area contributed by atoms with Crippen molar-refractivity contribution in [2.24, 2.45) is 0 Å². The summed E-state index contributed by atoms with van der Waals surface area (Å²) >= 11 is 0. The SMILES string of the molecule is CCC(=O)/C(=C/c1ccc(F)cc1F)C(=O)OCc1ccccc1. The summed E-state index contributed by atoms with van der Waals surface area (Å²) in [5.74, 6) is -2.90. The van der Waals surface area contributed by atoms with Crippen LogP contribution in [-0.4, -0.2) is 11.8 Å². The molecule has 0 unspecified atom stereocenters. The van der Waals surface area contributed by atoms with Gasteiger partial charge in [-0.3, -0.25) is 4.79 Å². The molecule has 0 saturated heterocycles. The molecule has 0 atom stereocenters. The minimum atomic E-state index is -0.854. The van der Waals surface area contributed by atoms with E-state index in [1.807, 2.05) is 6.07 Å². The molecule has 0 amide bonds. The molecule has 2 aromatic rings. The number of hydrogen-bond acceptors (Lipinski definition) is 3. The summed E-state index contributed by atoms with van der Waals surface area (Å²) in [7, 11) is 0. The zero-order chi connectivity index (χ0) is 17.5. The first-order chi connectivity index (χ1) is 11.5. The molecule has 0 aliphatic rings. The van der Waals surface area contributed by atoms with Crippen LogP contribution in [0.1, 0.15) is 24.5 Å². The standard InChI is InChI=1S/C19H16F2O3/c1-2-18(22)16(10-14-8-9-15(20)11-17(14)21)19(23)24-12-13-6-4-3-5-7-13/h3-11H,2,12H2,1H3/b16-10-. The Bertz CT molecular complexity index is 767. The third-order valence-corrected chi connectivity index (χ3v) is 3.32. The average molecular weight is 330 g/mol. The molecule has 0 aliphatic carbocycles. The highest BCUT2D eigenvalue weighted by Crippen LogP contribution is 2.16. The highest BCUT2D eigenvalue weighted by Gasteiger charge is 2.19. The van der Waals surface area contributed by atoms with Gasteiger partial charge >= 0.3 is 5.97 Å². The monoisotopic (exact) mass is 330 g/mol. The summed E-state index contributed by atoms with van der Waals surface area (Å²) in [5, 5.41) is 0. The number of Topliss-reactive ketones (excluding diaryl/α,β-unsaturated/α-hetero) is 1. The van der Waals surface area contributed by atoms with Gasteiger partial charge < -0.3 is 4.74 Å². The van der Waals surface area contributed by atoms with Crippen molar-refractivity contribution in [2.45, 2.75) is 20.0 Å². The van der Waals surface area contributed by atoms with Crippen LogP contribution in [0.15, 0.2) is 54.1 Å². The van der Waals surface area contributed by atoms with Gasteiger partial charge in [0.25, 0.3) is 0 Å². The van der Waals surface area contributed by atoms with Gasteiger partial charge in [0.2, 0.25) is 0 Å². The van der Waals surface area contributed by atoms with Gasteiger partial charge in [0, 0.05) is 18.1 Å². The molecule has 0 aliphatic heterocycles. The van der Waals surface area contributed by atoms with Gasteiger partial charge in [0.05, 0.1) is 0 Å². The number of esters is 1. The van der Waals surface area contributed by atoms with E-state index < -0.39 is 23.4 Å². The summed E-state index contributed by atoms with van der Waals surface area (Å²) in [4.78, 5) is 24.2. The molecule has 0 heterocycles. The van der Waals surface area contributed by atoms with Gasteiger partial charge in [0.1, 0.15) is 23.8 Å². The van der Waals surface area contributed by atoms with Crippen molar-refractivity contribution in [3.05, 3.63) is 76.9 Å². The summed E-state index contributed by atoms with van der Waals surface area (Å²) in [6, 6.07) is 11.9. The number of carbonyl (C=O) groups is 2. The molecule has 0 fully saturated rings. The maximum Gasteiger partial charge on any atom is 0.342 e. The number of benzene rings is 2. The summed E-state index contributed by atoms with van der Waals surface area (Å²) in [6.45, 7) is 1.58. The van der Waals surface area contributed by atoms with Gasteiger partial charge in [-0.25, -0.2) is 13.6 Å². The van der Waals surface area contributed by atoms with Crippen molar-refractivity contribution < 1.29 is 23.1 Å². The van der Waals surface area contributed by atoms with Crippen LogP contribution in [0.25, 0.3) is 6.08 Å². The van der Waals surface area contributed by atoms with E-state index in [-0.39, 0.29) is 24.2 Å². The predicted molar refractivity (Wildman–Crippen MR) is 85.9 cm³/mol. The Morgan fingerprint density at radius 2 is 1.79 bits per heavy atom. The van der Waals surface area contributed by atoms with E-state index in [0.29, 0.717) is 6.07 Å². The molecular weight excluding hydrogens is 314 g/mol. The van der Waals surface area contributed by atoms with Gasteiger partial charge in [-0.05, 0) is 23.8 Å². The van der Waals surface area contributed by atoms with Crippen molar-refractivity contribution in [2.75, 3.05) is 0 Å². The van der Waals surface area contributed by atoms with Crippen molar-refractivity contribution in [3.63, 3.8) is 0 Å². The second-order valence-electron chi connectivity index (χ2n) is 5.06. The van der Waals surface area contributed by atoms with Gasteiger partial charge in [-0.1, -0.05) is 37.3 Å². The van der Waals surface area contributed by atoms with Gasteiger partial charge in [0.15, 0.2) is 5.78 Å². The van der Waals surface area contributed by atoms with Crippen LogP contribution in [-0.2, 0) is 20.9 Å². The van der Waals surface area contributed by atoms with Crippen molar-refractivity contribution in [3.8, 4) is 0 Å². The highest BCUT2D eigenvalue weighted by atomic mass is 19.1. The van der Waals surface area contributed by atoms with Crippen LogP contribution in [0.4, 0.5) is 8.78 Å². The van der Waals surface area contributed by atoms with E-state index in [4.69, 9.17) is 4.74 Å². The molecule has 5 heteroatoms. The van der Waals surface area contributed by atoms with Crippen molar-refractivity contribution in [1.82, 2.24) is 0 Å². The first-order valence-corrected chi connectivity index (χ1v) is 7.42. The summed E-state index contributed by atoms with van der Waals surface area (Å²) in [6.07, 6.45) is 1.16. The van der Waals surface area contributed by atoms with Gasteiger partial charge in [-0.2, -0.15) is 0 Å². The third-order valence-electron chi connectivity index (χ3n) is 3.32. The molecule has 0 N–H and O–H groups in total. The predicted octanol–water partition coefficient (Wildman–Crippen LogP) is 4.07. The Morgan fingerprint density at radius 1 is 1.08 bits per heavy atom. The molecular formula is C19H16F2O3. The van der Waals surface area contributed by atoms with E-state index in [2.05, 4.69) is 0 Å². The van der Waals surface area contributed by atoms with Crippen LogP contribution in [0.3, 0.4) is 0 Å². The van der Waals surface area contributed by atoms with Crippen LogP contribution in [0.5, 0.6) is 0 Å². The third kappa shape index (κ3) is 4.59. The Balaban J connectivity index is 2.22. The van der Waals surface area contributed by atoms with Crippen LogP contribution < -0.4 is 0 Å². The average Bonchev–Trinajstić information content (AvgIpc) is 2.59. The van der Waals surface area contributed by atoms with E-state index in [1.54, 1.807) is 31.2 Å². The molecule has 0 radical (unpaired) electrons. The largest absolute Gasteiger partial charge is 0.457 e. The Labute approximate surface area is 138 Å². The fourth-order valence-corrected chi connectivity index (χ4v) is 2.02. The van der Waals surface area contributed by atoms with Crippen molar-refractivity contribution >= 4 is 17.8 Å². The number of rotatable bonds is 6. The number of hydrogen-bond donors (Lipinski definition) is 0. The topological polar surface area (TPSA) is 43.4 Å². The molecule has 2 rings (SSSR count). The minimum absolute atomic E-state index is 0.0000917. The molecule has 0 aromatic heterocycles. The molecule has 24 heavy (non-hydrogen) atoms. The molecule has 2 aromatic carbocycles. The van der Waals surface area contributed by atoms with Crippen LogP contribution in [0.2, 0.25) is 0 Å². The zero-order valence-corrected chi connectivity index (χ0v) is 13.1. The summed E-state index contributed by atoms with van der Waals surface area (Å²) in [5.41, 5.74) is 0.450. The second-order valence-corrected chi connectivity index (χ2v) is 5.06. The lowest BCUT2D eigenvalue weighted by Gasteiger charge is -2.08. The van der Waals surface area contributed by atoms with E-state index >= 15 is 0 Å². The number of ether oxygens (including phenoxy) is 1.